The summed E-state index contributed by atoms with van der Waals surface area (Å²) in [7, 11) is 0. The van der Waals surface area contributed by atoms with Crippen molar-refractivity contribution in [2.75, 3.05) is 0 Å². The van der Waals surface area contributed by atoms with Crippen LogP contribution in [0.5, 0.6) is 0 Å². The van der Waals surface area contributed by atoms with E-state index in [4.69, 9.17) is 0 Å². The lowest BCUT2D eigenvalue weighted by molar-refractivity contribution is -0.0798. The summed E-state index contributed by atoms with van der Waals surface area (Å²) in [5.41, 5.74) is 1.07. The van der Waals surface area contributed by atoms with E-state index < -0.39 is 12.0 Å². The van der Waals surface area contributed by atoms with Crippen LogP contribution in [0.3, 0.4) is 0 Å². The lowest BCUT2D eigenvalue weighted by Gasteiger charge is -2.38. The first-order chi connectivity index (χ1) is 14.3. The van der Waals surface area contributed by atoms with Gasteiger partial charge in [0.1, 0.15) is 5.83 Å². The molecule has 0 amide bonds. The molecule has 2 saturated carbocycles. The lowest BCUT2D eigenvalue weighted by atomic mass is 9.68. The van der Waals surface area contributed by atoms with E-state index in [1.165, 1.54) is 76.3 Å². The molecule has 1 aromatic carbocycles. The summed E-state index contributed by atoms with van der Waals surface area (Å²) in [6, 6.07) is 6.44. The third kappa shape index (κ3) is 7.13. The van der Waals surface area contributed by atoms with Crippen LogP contribution in [0.2, 0.25) is 0 Å². The summed E-state index contributed by atoms with van der Waals surface area (Å²) >= 11 is 0. The maximum absolute atomic E-state index is 13.6. The molecule has 1 aromatic rings. The quantitative estimate of drug-likeness (QED) is 0.383. The zero-order chi connectivity index (χ0) is 21.6. The van der Waals surface area contributed by atoms with Crippen LogP contribution in [0.25, 0.3) is 5.83 Å². The van der Waals surface area contributed by atoms with Gasteiger partial charge in [0.15, 0.2) is 0 Å². The highest BCUT2D eigenvalue weighted by Crippen LogP contribution is 2.43. The Hall–Kier alpha value is -1.32. The second kappa shape index (κ2) is 10.8. The topological polar surface area (TPSA) is 0 Å². The maximum Gasteiger partial charge on any atom is 0.412 e. The standard InChI is InChI=1S/C26H36F4/c1-2-3-19-6-12-22(13-7-19)23-14-8-20(9-15-23)4-5-21-10-16-24(17-11-21)25(27)18-26(28,29)30/h10-11,16-20,22-23H,2-9,12-15H2,1H3. The third-order valence-electron chi connectivity index (χ3n) is 7.51. The summed E-state index contributed by atoms with van der Waals surface area (Å²) in [6.07, 6.45) is 10.9. The van der Waals surface area contributed by atoms with Gasteiger partial charge >= 0.3 is 6.18 Å². The molecular weight excluding hydrogens is 388 g/mol. The van der Waals surface area contributed by atoms with Crippen LogP contribution in [0.1, 0.15) is 88.7 Å². The molecule has 4 heteroatoms. The van der Waals surface area contributed by atoms with Crippen molar-refractivity contribution < 1.29 is 17.6 Å². The zero-order valence-corrected chi connectivity index (χ0v) is 18.2. The average Bonchev–Trinajstić information content (AvgIpc) is 2.73. The Morgan fingerprint density at radius 3 is 1.80 bits per heavy atom. The summed E-state index contributed by atoms with van der Waals surface area (Å²) in [5.74, 6) is 2.37. The molecule has 0 aromatic heterocycles. The lowest BCUT2D eigenvalue weighted by Crippen LogP contribution is -2.26. The molecule has 2 aliphatic rings. The van der Waals surface area contributed by atoms with E-state index in [1.54, 1.807) is 12.1 Å². The summed E-state index contributed by atoms with van der Waals surface area (Å²) in [6.45, 7) is 2.30. The molecule has 0 saturated heterocycles. The van der Waals surface area contributed by atoms with Crippen molar-refractivity contribution >= 4 is 5.83 Å². The molecule has 0 atom stereocenters. The van der Waals surface area contributed by atoms with E-state index in [1.807, 2.05) is 0 Å². The first-order valence-corrected chi connectivity index (χ1v) is 11.9. The Labute approximate surface area is 179 Å². The molecule has 0 radical (unpaired) electrons. The molecular formula is C26H36F4. The fourth-order valence-electron chi connectivity index (χ4n) is 5.73. The fraction of sp³-hybridized carbons (Fsp3) is 0.692. The van der Waals surface area contributed by atoms with E-state index in [9.17, 15) is 17.6 Å². The Kier molecular flexibility index (Phi) is 8.42. The predicted molar refractivity (Wildman–Crippen MR) is 116 cm³/mol. The smallest absolute Gasteiger partial charge is 0.206 e. The molecule has 2 fully saturated rings. The highest BCUT2D eigenvalue weighted by Gasteiger charge is 2.30. The molecule has 3 rings (SSSR count). The number of hydrogen-bond donors (Lipinski definition) is 0. The van der Waals surface area contributed by atoms with E-state index in [-0.39, 0.29) is 11.6 Å². The van der Waals surface area contributed by atoms with Crippen molar-refractivity contribution in [2.24, 2.45) is 23.7 Å². The van der Waals surface area contributed by atoms with Crippen molar-refractivity contribution in [3.63, 3.8) is 0 Å². The van der Waals surface area contributed by atoms with Gasteiger partial charge in [0.05, 0.1) is 6.08 Å². The van der Waals surface area contributed by atoms with E-state index in [2.05, 4.69) is 6.92 Å². The summed E-state index contributed by atoms with van der Waals surface area (Å²) in [5, 5.41) is 0. The van der Waals surface area contributed by atoms with Crippen molar-refractivity contribution in [2.45, 2.75) is 90.1 Å². The number of rotatable bonds is 7. The van der Waals surface area contributed by atoms with Crippen LogP contribution in [0, 0.1) is 23.7 Å². The number of alkyl halides is 3. The molecule has 0 heterocycles. The fourth-order valence-corrected chi connectivity index (χ4v) is 5.73. The van der Waals surface area contributed by atoms with Gasteiger partial charge in [0.2, 0.25) is 0 Å². The highest BCUT2D eigenvalue weighted by atomic mass is 19.4. The minimum absolute atomic E-state index is 0.00904. The van der Waals surface area contributed by atoms with Crippen molar-refractivity contribution in [3.8, 4) is 0 Å². The Morgan fingerprint density at radius 1 is 0.833 bits per heavy atom. The van der Waals surface area contributed by atoms with E-state index in [0.29, 0.717) is 0 Å². The van der Waals surface area contributed by atoms with Gasteiger partial charge in [-0.05, 0) is 67.8 Å². The number of hydrogen-bond acceptors (Lipinski definition) is 0. The highest BCUT2D eigenvalue weighted by molar-refractivity contribution is 5.59. The van der Waals surface area contributed by atoms with Gasteiger partial charge in [-0.3, -0.25) is 0 Å². The summed E-state index contributed by atoms with van der Waals surface area (Å²) < 4.78 is 50.5. The van der Waals surface area contributed by atoms with Crippen LogP contribution in [-0.2, 0) is 6.42 Å². The first-order valence-electron chi connectivity index (χ1n) is 11.9. The number of allylic oxidation sites excluding steroid dienone is 1. The Balaban J connectivity index is 1.39. The van der Waals surface area contributed by atoms with Gasteiger partial charge in [-0.25, -0.2) is 4.39 Å². The van der Waals surface area contributed by atoms with Gasteiger partial charge in [0, 0.05) is 5.56 Å². The minimum Gasteiger partial charge on any atom is -0.206 e. The molecule has 0 bridgehead atoms. The molecule has 0 unspecified atom stereocenters. The number of benzene rings is 1. The van der Waals surface area contributed by atoms with Crippen LogP contribution in [0.4, 0.5) is 17.6 Å². The van der Waals surface area contributed by atoms with Gasteiger partial charge < -0.3 is 0 Å². The molecule has 30 heavy (non-hydrogen) atoms. The molecule has 0 nitrogen and oxygen atoms in total. The Bertz CT molecular complexity index is 657. The van der Waals surface area contributed by atoms with Crippen LogP contribution in [0.15, 0.2) is 30.3 Å². The molecule has 0 N–H and O–H groups in total. The maximum atomic E-state index is 13.6. The summed E-state index contributed by atoms with van der Waals surface area (Å²) in [4.78, 5) is 0. The zero-order valence-electron chi connectivity index (χ0n) is 18.2. The van der Waals surface area contributed by atoms with Crippen molar-refractivity contribution in [1.82, 2.24) is 0 Å². The third-order valence-corrected chi connectivity index (χ3v) is 7.51. The monoisotopic (exact) mass is 424 g/mol. The van der Waals surface area contributed by atoms with E-state index >= 15 is 0 Å². The second-order valence-electron chi connectivity index (χ2n) is 9.62. The van der Waals surface area contributed by atoms with Gasteiger partial charge in [-0.1, -0.05) is 69.7 Å². The number of halogens is 4. The largest absolute Gasteiger partial charge is 0.412 e. The Morgan fingerprint density at radius 2 is 1.33 bits per heavy atom. The first kappa shape index (κ1) is 23.3. The SMILES string of the molecule is CCCC1CCC(C2CCC(CCc3ccc(C(F)=CC(F)(F)F)cc3)CC2)CC1. The molecule has 0 spiro atoms. The molecule has 168 valence electrons. The van der Waals surface area contributed by atoms with E-state index in [0.717, 1.165) is 42.1 Å². The van der Waals surface area contributed by atoms with Crippen molar-refractivity contribution in [3.05, 3.63) is 41.5 Å². The number of aryl methyl sites for hydroxylation is 1. The second-order valence-corrected chi connectivity index (χ2v) is 9.62. The van der Waals surface area contributed by atoms with Crippen LogP contribution in [-0.4, -0.2) is 6.18 Å². The van der Waals surface area contributed by atoms with Crippen molar-refractivity contribution in [1.29, 1.82) is 0 Å². The predicted octanol–water partition coefficient (Wildman–Crippen LogP) is 8.90. The molecule has 0 aliphatic heterocycles. The normalized spacial score (nSPS) is 28.5. The average molecular weight is 425 g/mol. The van der Waals surface area contributed by atoms with Gasteiger partial charge in [-0.15, -0.1) is 0 Å². The minimum atomic E-state index is -4.63. The van der Waals surface area contributed by atoms with Crippen LogP contribution < -0.4 is 0 Å². The van der Waals surface area contributed by atoms with Crippen LogP contribution >= 0.6 is 0 Å². The molecule has 2 aliphatic carbocycles. The van der Waals surface area contributed by atoms with Gasteiger partial charge in [-0.2, -0.15) is 13.2 Å². The van der Waals surface area contributed by atoms with Gasteiger partial charge in [0.25, 0.3) is 0 Å².